The van der Waals surface area contributed by atoms with Gasteiger partial charge in [-0.25, -0.2) is 17.7 Å². The zero-order valence-electron chi connectivity index (χ0n) is 10.7. The van der Waals surface area contributed by atoms with Gasteiger partial charge in [0, 0.05) is 30.9 Å². The van der Waals surface area contributed by atoms with E-state index < -0.39 is 10.0 Å². The summed E-state index contributed by atoms with van der Waals surface area (Å²) in [6.45, 7) is 0.507. The molecule has 1 heterocycles. The van der Waals surface area contributed by atoms with Gasteiger partial charge < -0.3 is 10.8 Å². The molecular weight excluding hydrogens is 334 g/mol. The van der Waals surface area contributed by atoms with E-state index in [4.69, 9.17) is 10.8 Å². The monoisotopic (exact) mass is 351 g/mol. The van der Waals surface area contributed by atoms with Crippen molar-refractivity contribution in [2.24, 2.45) is 0 Å². The van der Waals surface area contributed by atoms with Crippen molar-refractivity contribution < 1.29 is 13.5 Å². The van der Waals surface area contributed by atoms with Crippen molar-refractivity contribution in [3.05, 3.63) is 16.7 Å². The Labute approximate surface area is 121 Å². The maximum absolute atomic E-state index is 12.3. The van der Waals surface area contributed by atoms with Crippen LogP contribution in [-0.4, -0.2) is 43.0 Å². The lowest BCUT2D eigenvalue weighted by Crippen LogP contribution is -2.29. The molecule has 0 aliphatic heterocycles. The van der Waals surface area contributed by atoms with E-state index >= 15 is 0 Å². The second-order valence-electron chi connectivity index (χ2n) is 4.15. The summed E-state index contributed by atoms with van der Waals surface area (Å²) < 4.78 is 26.4. The minimum absolute atomic E-state index is 0.00605. The van der Waals surface area contributed by atoms with Crippen LogP contribution in [0.4, 0.5) is 5.82 Å². The first-order valence-electron chi connectivity index (χ1n) is 5.88. The number of unbranched alkanes of at least 4 members (excludes halogenated alkanes) is 2. The van der Waals surface area contributed by atoms with Crippen molar-refractivity contribution >= 4 is 31.8 Å². The zero-order valence-corrected chi connectivity index (χ0v) is 13.1. The fourth-order valence-electron chi connectivity index (χ4n) is 1.55. The highest BCUT2D eigenvalue weighted by atomic mass is 79.9. The Morgan fingerprint density at radius 2 is 2.11 bits per heavy atom. The van der Waals surface area contributed by atoms with Crippen LogP contribution in [-0.2, 0) is 10.0 Å². The molecule has 3 N–H and O–H groups in total. The van der Waals surface area contributed by atoms with Crippen LogP contribution in [0.5, 0.6) is 0 Å². The second kappa shape index (κ2) is 7.18. The Morgan fingerprint density at radius 3 is 2.74 bits per heavy atom. The number of rotatable bonds is 7. The summed E-state index contributed by atoms with van der Waals surface area (Å²) in [6.07, 6.45) is 3.60. The van der Waals surface area contributed by atoms with Crippen LogP contribution in [0.15, 0.2) is 21.6 Å². The predicted octanol–water partition coefficient (Wildman–Crippen LogP) is 1.21. The van der Waals surface area contributed by atoms with E-state index in [9.17, 15) is 8.42 Å². The van der Waals surface area contributed by atoms with Gasteiger partial charge in [-0.3, -0.25) is 0 Å². The number of aliphatic hydroxyl groups is 1. The Hall–Kier alpha value is -0.700. The molecule has 0 saturated carbocycles. The van der Waals surface area contributed by atoms with E-state index in [1.54, 1.807) is 0 Å². The van der Waals surface area contributed by atoms with E-state index in [2.05, 4.69) is 20.9 Å². The number of hydrogen-bond acceptors (Lipinski definition) is 5. The van der Waals surface area contributed by atoms with Crippen LogP contribution in [0.25, 0.3) is 0 Å². The van der Waals surface area contributed by atoms with Gasteiger partial charge in [-0.1, -0.05) is 0 Å². The highest BCUT2D eigenvalue weighted by Crippen LogP contribution is 2.23. The lowest BCUT2D eigenvalue weighted by Gasteiger charge is -2.17. The molecule has 6 nitrogen and oxygen atoms in total. The average molecular weight is 352 g/mol. The summed E-state index contributed by atoms with van der Waals surface area (Å²) in [5, 5.41) is 8.67. The van der Waals surface area contributed by atoms with Gasteiger partial charge in [0.15, 0.2) is 0 Å². The molecule has 0 aromatic carbocycles. The van der Waals surface area contributed by atoms with E-state index in [1.165, 1.54) is 23.6 Å². The molecule has 0 unspecified atom stereocenters. The molecule has 0 bridgehead atoms. The molecule has 1 aromatic rings. The van der Waals surface area contributed by atoms with Crippen molar-refractivity contribution in [3.8, 4) is 0 Å². The lowest BCUT2D eigenvalue weighted by molar-refractivity contribution is 0.281. The van der Waals surface area contributed by atoms with Crippen LogP contribution in [0.3, 0.4) is 0 Å². The standard InChI is InChI=1S/C11H18BrN3O3S/c1-15(5-3-2-4-6-16)19(17,18)10-7-9(12)8-14-11(10)13/h7-8,16H,2-6H2,1H3,(H2,13,14). The molecule has 0 saturated heterocycles. The molecule has 108 valence electrons. The molecule has 0 amide bonds. The number of nitrogens with zero attached hydrogens (tertiary/aromatic N) is 2. The molecule has 8 heteroatoms. The number of pyridine rings is 1. The fraction of sp³-hybridized carbons (Fsp3) is 0.545. The van der Waals surface area contributed by atoms with Gasteiger partial charge in [0.1, 0.15) is 10.7 Å². The molecular formula is C11H18BrN3O3S. The number of hydrogen-bond donors (Lipinski definition) is 2. The van der Waals surface area contributed by atoms with Crippen molar-refractivity contribution in [1.82, 2.24) is 9.29 Å². The molecule has 0 fully saturated rings. The third-order valence-corrected chi connectivity index (χ3v) is 4.99. The first-order chi connectivity index (χ1) is 8.89. The van der Waals surface area contributed by atoms with Gasteiger partial charge in [0.05, 0.1) is 0 Å². The van der Waals surface area contributed by atoms with Gasteiger partial charge in [0.25, 0.3) is 0 Å². The summed E-state index contributed by atoms with van der Waals surface area (Å²) in [7, 11) is -2.12. The summed E-state index contributed by atoms with van der Waals surface area (Å²) in [4.78, 5) is 3.84. The van der Waals surface area contributed by atoms with Gasteiger partial charge in [0.2, 0.25) is 10.0 Å². The van der Waals surface area contributed by atoms with E-state index in [-0.39, 0.29) is 17.3 Å². The Morgan fingerprint density at radius 1 is 1.42 bits per heavy atom. The van der Waals surface area contributed by atoms with Gasteiger partial charge in [-0.2, -0.15) is 0 Å². The largest absolute Gasteiger partial charge is 0.396 e. The third kappa shape index (κ3) is 4.41. The van der Waals surface area contributed by atoms with Crippen molar-refractivity contribution in [3.63, 3.8) is 0 Å². The molecule has 1 rings (SSSR count). The topological polar surface area (TPSA) is 96.5 Å². The SMILES string of the molecule is CN(CCCCCO)S(=O)(=O)c1cc(Br)cnc1N. The van der Waals surface area contributed by atoms with Crippen LogP contribution in [0, 0.1) is 0 Å². The number of anilines is 1. The summed E-state index contributed by atoms with van der Waals surface area (Å²) in [5.74, 6) is -0.00888. The lowest BCUT2D eigenvalue weighted by atomic mass is 10.2. The van der Waals surface area contributed by atoms with Gasteiger partial charge in [-0.15, -0.1) is 0 Å². The minimum Gasteiger partial charge on any atom is -0.396 e. The quantitative estimate of drug-likeness (QED) is 0.719. The molecule has 1 aromatic heterocycles. The maximum Gasteiger partial charge on any atom is 0.246 e. The van der Waals surface area contributed by atoms with E-state index in [1.807, 2.05) is 0 Å². The van der Waals surface area contributed by atoms with Gasteiger partial charge >= 0.3 is 0 Å². The normalized spacial score (nSPS) is 12.0. The smallest absolute Gasteiger partial charge is 0.246 e. The Bertz CT molecular complexity index is 522. The summed E-state index contributed by atoms with van der Waals surface area (Å²) in [5.41, 5.74) is 5.62. The molecule has 19 heavy (non-hydrogen) atoms. The van der Waals surface area contributed by atoms with Crippen LogP contribution in [0.2, 0.25) is 0 Å². The number of nitrogens with two attached hydrogens (primary N) is 1. The predicted molar refractivity (Wildman–Crippen MR) is 77.1 cm³/mol. The summed E-state index contributed by atoms with van der Waals surface area (Å²) >= 11 is 3.18. The first-order valence-corrected chi connectivity index (χ1v) is 8.11. The molecule has 0 aliphatic carbocycles. The van der Waals surface area contributed by atoms with E-state index in [0.717, 1.165) is 6.42 Å². The molecule has 0 aliphatic rings. The van der Waals surface area contributed by atoms with Crippen LogP contribution >= 0.6 is 15.9 Å². The second-order valence-corrected chi connectivity index (χ2v) is 7.08. The van der Waals surface area contributed by atoms with Crippen molar-refractivity contribution in [1.29, 1.82) is 0 Å². The zero-order chi connectivity index (χ0) is 14.5. The Kier molecular flexibility index (Phi) is 6.18. The highest BCUT2D eigenvalue weighted by Gasteiger charge is 2.23. The van der Waals surface area contributed by atoms with Crippen LogP contribution < -0.4 is 5.73 Å². The number of halogens is 1. The number of sulfonamides is 1. The van der Waals surface area contributed by atoms with E-state index in [0.29, 0.717) is 23.9 Å². The molecule has 0 spiro atoms. The Balaban J connectivity index is 2.82. The third-order valence-electron chi connectivity index (χ3n) is 2.67. The van der Waals surface area contributed by atoms with Crippen LogP contribution in [0.1, 0.15) is 19.3 Å². The fourth-order valence-corrected chi connectivity index (χ4v) is 3.33. The molecule has 0 atom stereocenters. The highest BCUT2D eigenvalue weighted by molar-refractivity contribution is 9.10. The minimum atomic E-state index is -3.63. The first kappa shape index (κ1) is 16.4. The maximum atomic E-state index is 12.3. The summed E-state index contributed by atoms with van der Waals surface area (Å²) in [6, 6.07) is 1.45. The number of aromatic nitrogens is 1. The van der Waals surface area contributed by atoms with Crippen molar-refractivity contribution in [2.45, 2.75) is 24.2 Å². The number of nitrogen functional groups attached to an aromatic ring is 1. The average Bonchev–Trinajstić information content (AvgIpc) is 2.37. The van der Waals surface area contributed by atoms with Crippen molar-refractivity contribution in [2.75, 3.05) is 25.9 Å². The van der Waals surface area contributed by atoms with Gasteiger partial charge in [-0.05, 0) is 41.3 Å². The molecule has 0 radical (unpaired) electrons. The number of aliphatic hydroxyl groups excluding tert-OH is 1.